The zero-order valence-electron chi connectivity index (χ0n) is 14.9. The van der Waals surface area contributed by atoms with E-state index >= 15 is 0 Å². The Labute approximate surface area is 155 Å². The third kappa shape index (κ3) is 6.28. The molecule has 0 aliphatic carbocycles. The van der Waals surface area contributed by atoms with Crippen LogP contribution in [0.2, 0.25) is 5.02 Å². The minimum atomic E-state index is -3.39. The molecule has 1 amide bonds. The number of rotatable bonds is 7. The lowest BCUT2D eigenvalue weighted by Gasteiger charge is -2.30. The number of carbonyl (C=O) groups excluding carboxylic acids is 1. The van der Waals surface area contributed by atoms with Crippen LogP contribution in [0, 0.1) is 11.8 Å². The Bertz CT molecular complexity index is 683. The summed E-state index contributed by atoms with van der Waals surface area (Å²) in [5, 5.41) is 3.49. The summed E-state index contributed by atoms with van der Waals surface area (Å²) < 4.78 is 26.6. The van der Waals surface area contributed by atoms with Crippen molar-refractivity contribution in [2.24, 2.45) is 11.8 Å². The fraction of sp³-hybridized carbons (Fsp3) is 0.611. The Balaban J connectivity index is 1.85. The SMILES string of the molecule is CC(C)CCNC(=O)C1CCN(S(=O)(=O)Cc2cccc(Cl)c2)CC1. The standard InChI is InChI=1S/C18H27ClN2O3S/c1-14(2)6-9-20-18(22)16-7-10-21(11-8-16)25(23,24)13-15-4-3-5-17(19)12-15/h3-5,12,14,16H,6-11,13H2,1-2H3,(H,20,22). The first-order valence-electron chi connectivity index (χ1n) is 8.78. The number of benzene rings is 1. The summed E-state index contributed by atoms with van der Waals surface area (Å²) in [6.07, 6.45) is 2.10. The molecule has 0 spiro atoms. The maximum absolute atomic E-state index is 12.6. The highest BCUT2D eigenvalue weighted by Crippen LogP contribution is 2.22. The van der Waals surface area contributed by atoms with Gasteiger partial charge in [0.1, 0.15) is 0 Å². The zero-order valence-corrected chi connectivity index (χ0v) is 16.4. The lowest BCUT2D eigenvalue weighted by Crippen LogP contribution is -2.43. The summed E-state index contributed by atoms with van der Waals surface area (Å²) in [4.78, 5) is 12.2. The van der Waals surface area contributed by atoms with Crippen molar-refractivity contribution in [3.8, 4) is 0 Å². The molecule has 1 saturated heterocycles. The van der Waals surface area contributed by atoms with Crippen LogP contribution in [0.25, 0.3) is 0 Å². The van der Waals surface area contributed by atoms with E-state index < -0.39 is 10.0 Å². The van der Waals surface area contributed by atoms with Gasteiger partial charge in [0.15, 0.2) is 0 Å². The summed E-state index contributed by atoms with van der Waals surface area (Å²) in [7, 11) is -3.39. The molecule has 1 fully saturated rings. The van der Waals surface area contributed by atoms with E-state index in [2.05, 4.69) is 19.2 Å². The van der Waals surface area contributed by atoms with Gasteiger partial charge in [0, 0.05) is 30.6 Å². The first-order chi connectivity index (χ1) is 11.8. The lowest BCUT2D eigenvalue weighted by atomic mass is 9.97. The molecule has 1 heterocycles. The molecule has 2 rings (SSSR count). The van der Waals surface area contributed by atoms with Crippen molar-refractivity contribution in [2.45, 2.75) is 38.9 Å². The van der Waals surface area contributed by atoms with E-state index in [0.29, 0.717) is 49.0 Å². The van der Waals surface area contributed by atoms with Crippen molar-refractivity contribution in [1.29, 1.82) is 0 Å². The molecular weight excluding hydrogens is 360 g/mol. The number of sulfonamides is 1. The second-order valence-corrected chi connectivity index (χ2v) is 9.44. The molecule has 0 bridgehead atoms. The minimum Gasteiger partial charge on any atom is -0.356 e. The molecule has 1 aromatic carbocycles. The highest BCUT2D eigenvalue weighted by atomic mass is 35.5. The van der Waals surface area contributed by atoms with E-state index in [4.69, 9.17) is 11.6 Å². The van der Waals surface area contributed by atoms with Crippen LogP contribution in [0.5, 0.6) is 0 Å². The molecule has 25 heavy (non-hydrogen) atoms. The molecule has 0 atom stereocenters. The minimum absolute atomic E-state index is 0.0486. The van der Waals surface area contributed by atoms with E-state index in [0.717, 1.165) is 6.42 Å². The number of hydrogen-bond acceptors (Lipinski definition) is 3. The molecule has 7 heteroatoms. The summed E-state index contributed by atoms with van der Waals surface area (Å²) in [6.45, 7) is 5.71. The number of nitrogens with zero attached hydrogens (tertiary/aromatic N) is 1. The van der Waals surface area contributed by atoms with Gasteiger partial charge in [-0.15, -0.1) is 0 Å². The van der Waals surface area contributed by atoms with E-state index in [1.54, 1.807) is 24.3 Å². The maximum atomic E-state index is 12.6. The number of halogens is 1. The van der Waals surface area contributed by atoms with Crippen LogP contribution in [-0.4, -0.2) is 38.3 Å². The van der Waals surface area contributed by atoms with Gasteiger partial charge in [-0.05, 0) is 42.9 Å². The molecule has 140 valence electrons. The number of nitrogens with one attached hydrogen (secondary N) is 1. The number of carbonyl (C=O) groups is 1. The molecule has 0 unspecified atom stereocenters. The molecule has 0 aromatic heterocycles. The van der Waals surface area contributed by atoms with E-state index in [-0.39, 0.29) is 17.6 Å². The normalized spacial score (nSPS) is 17.0. The lowest BCUT2D eigenvalue weighted by molar-refractivity contribution is -0.126. The van der Waals surface area contributed by atoms with Crippen LogP contribution >= 0.6 is 11.6 Å². The topological polar surface area (TPSA) is 66.5 Å². The molecule has 5 nitrogen and oxygen atoms in total. The number of piperidine rings is 1. The predicted molar refractivity (Wildman–Crippen MR) is 101 cm³/mol. The van der Waals surface area contributed by atoms with Gasteiger partial charge < -0.3 is 5.32 Å². The van der Waals surface area contributed by atoms with E-state index in [9.17, 15) is 13.2 Å². The van der Waals surface area contributed by atoms with E-state index in [1.807, 2.05) is 0 Å². The van der Waals surface area contributed by atoms with Gasteiger partial charge in [0.2, 0.25) is 15.9 Å². The zero-order chi connectivity index (χ0) is 18.4. The van der Waals surface area contributed by atoms with Crippen LogP contribution in [0.3, 0.4) is 0 Å². The van der Waals surface area contributed by atoms with Crippen molar-refractivity contribution in [2.75, 3.05) is 19.6 Å². The largest absolute Gasteiger partial charge is 0.356 e. The molecular formula is C18H27ClN2O3S. The van der Waals surface area contributed by atoms with Crippen molar-refractivity contribution in [1.82, 2.24) is 9.62 Å². The molecule has 1 aromatic rings. The Morgan fingerprint density at radius 3 is 2.60 bits per heavy atom. The Kier molecular flexibility index (Phi) is 7.28. The van der Waals surface area contributed by atoms with Crippen molar-refractivity contribution in [3.63, 3.8) is 0 Å². The highest BCUT2D eigenvalue weighted by Gasteiger charge is 2.31. The smallest absolute Gasteiger partial charge is 0.223 e. The fourth-order valence-electron chi connectivity index (χ4n) is 2.95. The predicted octanol–water partition coefficient (Wildman–Crippen LogP) is 3.04. The van der Waals surface area contributed by atoms with Gasteiger partial charge in [-0.2, -0.15) is 0 Å². The summed E-state index contributed by atoms with van der Waals surface area (Å²) >= 11 is 5.92. The van der Waals surface area contributed by atoms with Crippen molar-refractivity contribution in [3.05, 3.63) is 34.9 Å². The third-order valence-corrected chi connectivity index (χ3v) is 6.56. The molecule has 0 saturated carbocycles. The Morgan fingerprint density at radius 1 is 1.32 bits per heavy atom. The Morgan fingerprint density at radius 2 is 2.00 bits per heavy atom. The van der Waals surface area contributed by atoms with Crippen LogP contribution in [0.1, 0.15) is 38.7 Å². The summed E-state index contributed by atoms with van der Waals surface area (Å²) in [5.41, 5.74) is 0.682. The van der Waals surface area contributed by atoms with Crippen molar-refractivity contribution < 1.29 is 13.2 Å². The fourth-order valence-corrected chi connectivity index (χ4v) is 4.72. The van der Waals surface area contributed by atoms with E-state index in [1.165, 1.54) is 4.31 Å². The quantitative estimate of drug-likeness (QED) is 0.783. The molecule has 1 aliphatic heterocycles. The highest BCUT2D eigenvalue weighted by molar-refractivity contribution is 7.88. The van der Waals surface area contributed by atoms with Gasteiger partial charge in [-0.3, -0.25) is 4.79 Å². The average Bonchev–Trinajstić information content (AvgIpc) is 2.54. The van der Waals surface area contributed by atoms with Gasteiger partial charge in [-0.25, -0.2) is 12.7 Å². The van der Waals surface area contributed by atoms with Crippen LogP contribution in [0.4, 0.5) is 0 Å². The van der Waals surface area contributed by atoms with Crippen LogP contribution in [0.15, 0.2) is 24.3 Å². The third-order valence-electron chi connectivity index (χ3n) is 4.48. The second kappa shape index (κ2) is 9.01. The summed E-state index contributed by atoms with van der Waals surface area (Å²) in [5.74, 6) is 0.454. The van der Waals surface area contributed by atoms with Gasteiger partial charge in [-0.1, -0.05) is 37.6 Å². The van der Waals surface area contributed by atoms with Crippen LogP contribution < -0.4 is 5.32 Å². The van der Waals surface area contributed by atoms with Gasteiger partial charge in [0.25, 0.3) is 0 Å². The first-order valence-corrected chi connectivity index (χ1v) is 10.8. The summed E-state index contributed by atoms with van der Waals surface area (Å²) in [6, 6.07) is 6.91. The molecule has 1 aliphatic rings. The second-order valence-electron chi connectivity index (χ2n) is 7.03. The van der Waals surface area contributed by atoms with Crippen molar-refractivity contribution >= 4 is 27.5 Å². The average molecular weight is 387 g/mol. The number of hydrogen-bond donors (Lipinski definition) is 1. The number of amides is 1. The maximum Gasteiger partial charge on any atom is 0.223 e. The van der Waals surface area contributed by atoms with Crippen LogP contribution in [-0.2, 0) is 20.6 Å². The first kappa shape index (κ1) is 20.2. The molecule has 1 N–H and O–H groups in total. The Hall–Kier alpha value is -1.11. The van der Waals surface area contributed by atoms with Gasteiger partial charge in [0.05, 0.1) is 5.75 Å². The molecule has 0 radical (unpaired) electrons. The van der Waals surface area contributed by atoms with Gasteiger partial charge >= 0.3 is 0 Å². The monoisotopic (exact) mass is 386 g/mol.